The molecule has 110 valence electrons. The molecule has 2 aliphatic rings. The van der Waals surface area contributed by atoms with E-state index < -0.39 is 5.79 Å². The molecule has 4 nitrogen and oxygen atoms in total. The Morgan fingerprint density at radius 3 is 2.68 bits per heavy atom. The van der Waals surface area contributed by atoms with Crippen LogP contribution in [-0.2, 0) is 14.2 Å². The van der Waals surface area contributed by atoms with E-state index in [4.69, 9.17) is 14.2 Å². The molecule has 3 unspecified atom stereocenters. The maximum Gasteiger partial charge on any atom is 0.193 e. The Kier molecular flexibility index (Phi) is 5.01. The molecule has 0 radical (unpaired) electrons. The van der Waals surface area contributed by atoms with Gasteiger partial charge in [-0.3, -0.25) is 0 Å². The van der Waals surface area contributed by atoms with Gasteiger partial charge in [-0.25, -0.2) is 0 Å². The number of hydrogen-bond acceptors (Lipinski definition) is 4. The molecule has 1 N–H and O–H groups in total. The summed E-state index contributed by atoms with van der Waals surface area (Å²) in [4.78, 5) is 0. The fourth-order valence-corrected chi connectivity index (χ4v) is 3.11. The van der Waals surface area contributed by atoms with E-state index in [1.165, 1.54) is 5.57 Å². The average molecular weight is 270 g/mol. The van der Waals surface area contributed by atoms with Gasteiger partial charge in [-0.05, 0) is 32.6 Å². The van der Waals surface area contributed by atoms with Crippen molar-refractivity contribution in [2.45, 2.75) is 63.9 Å². The van der Waals surface area contributed by atoms with Gasteiger partial charge in [0.15, 0.2) is 5.79 Å². The van der Waals surface area contributed by atoms with Gasteiger partial charge < -0.3 is 19.3 Å². The zero-order chi connectivity index (χ0) is 13.9. The summed E-state index contributed by atoms with van der Waals surface area (Å²) in [6.07, 6.45) is 5.49. The quantitative estimate of drug-likeness (QED) is 0.595. The van der Waals surface area contributed by atoms with Crippen LogP contribution >= 0.6 is 0 Å². The molecule has 0 aromatic carbocycles. The SMILES string of the molecule is CCC1CCC(COC2(OC)CCC(C)=C2CO)O1. The van der Waals surface area contributed by atoms with Crippen LogP contribution in [0.3, 0.4) is 0 Å². The van der Waals surface area contributed by atoms with E-state index in [0.717, 1.165) is 37.7 Å². The van der Waals surface area contributed by atoms with Crippen molar-refractivity contribution in [3.63, 3.8) is 0 Å². The largest absolute Gasteiger partial charge is 0.392 e. The Hall–Kier alpha value is -0.420. The number of methoxy groups -OCH3 is 1. The Balaban J connectivity index is 1.93. The summed E-state index contributed by atoms with van der Waals surface area (Å²) in [6, 6.07) is 0. The van der Waals surface area contributed by atoms with Gasteiger partial charge in [0.1, 0.15) is 0 Å². The first-order valence-electron chi connectivity index (χ1n) is 7.29. The van der Waals surface area contributed by atoms with Gasteiger partial charge in [-0.2, -0.15) is 0 Å². The van der Waals surface area contributed by atoms with Crippen molar-refractivity contribution in [1.29, 1.82) is 0 Å². The highest BCUT2D eigenvalue weighted by Gasteiger charge is 2.41. The third kappa shape index (κ3) is 3.02. The molecule has 0 amide bonds. The lowest BCUT2D eigenvalue weighted by atomic mass is 10.1. The molecule has 3 atom stereocenters. The number of aliphatic hydroxyl groups is 1. The molecule has 0 aromatic heterocycles. The van der Waals surface area contributed by atoms with Crippen molar-refractivity contribution in [1.82, 2.24) is 0 Å². The second-order valence-corrected chi connectivity index (χ2v) is 5.55. The normalized spacial score (nSPS) is 35.4. The van der Waals surface area contributed by atoms with Gasteiger partial charge in [-0.1, -0.05) is 12.5 Å². The third-order valence-electron chi connectivity index (χ3n) is 4.45. The van der Waals surface area contributed by atoms with Crippen LogP contribution in [0.2, 0.25) is 0 Å². The molecule has 0 aromatic rings. The van der Waals surface area contributed by atoms with Gasteiger partial charge in [0.2, 0.25) is 0 Å². The molecule has 19 heavy (non-hydrogen) atoms. The summed E-state index contributed by atoms with van der Waals surface area (Å²) in [5.74, 6) is -0.730. The third-order valence-corrected chi connectivity index (χ3v) is 4.45. The van der Waals surface area contributed by atoms with Crippen LogP contribution in [-0.4, -0.2) is 43.4 Å². The van der Waals surface area contributed by atoms with Crippen molar-refractivity contribution in [3.05, 3.63) is 11.1 Å². The molecule has 1 fully saturated rings. The lowest BCUT2D eigenvalue weighted by molar-refractivity contribution is -0.211. The lowest BCUT2D eigenvalue weighted by Crippen LogP contribution is -2.38. The number of ether oxygens (including phenoxy) is 3. The van der Waals surface area contributed by atoms with Crippen LogP contribution in [0.15, 0.2) is 11.1 Å². The van der Waals surface area contributed by atoms with Crippen molar-refractivity contribution in [2.24, 2.45) is 0 Å². The van der Waals surface area contributed by atoms with Crippen molar-refractivity contribution in [3.8, 4) is 0 Å². The summed E-state index contributed by atoms with van der Waals surface area (Å²) < 4.78 is 17.5. The predicted octanol–water partition coefficient (Wildman–Crippen LogP) is 2.41. The summed E-state index contributed by atoms with van der Waals surface area (Å²) in [5, 5.41) is 9.53. The molecule has 1 aliphatic carbocycles. The van der Waals surface area contributed by atoms with Crippen LogP contribution in [0.4, 0.5) is 0 Å². The summed E-state index contributed by atoms with van der Waals surface area (Å²) in [5.41, 5.74) is 2.07. The first kappa shape index (κ1) is 15.0. The van der Waals surface area contributed by atoms with E-state index in [-0.39, 0.29) is 12.7 Å². The first-order valence-corrected chi connectivity index (χ1v) is 7.29. The predicted molar refractivity (Wildman–Crippen MR) is 72.9 cm³/mol. The van der Waals surface area contributed by atoms with E-state index >= 15 is 0 Å². The van der Waals surface area contributed by atoms with E-state index in [1.54, 1.807) is 7.11 Å². The van der Waals surface area contributed by atoms with Gasteiger partial charge >= 0.3 is 0 Å². The summed E-state index contributed by atoms with van der Waals surface area (Å²) >= 11 is 0. The van der Waals surface area contributed by atoms with Crippen LogP contribution in [0, 0.1) is 0 Å². The van der Waals surface area contributed by atoms with Gasteiger partial charge in [0.05, 0.1) is 25.4 Å². The molecule has 0 saturated carbocycles. The molecule has 4 heteroatoms. The number of aliphatic hydroxyl groups excluding tert-OH is 1. The van der Waals surface area contributed by atoms with Crippen LogP contribution < -0.4 is 0 Å². The zero-order valence-corrected chi connectivity index (χ0v) is 12.3. The number of allylic oxidation sites excluding steroid dienone is 1. The second-order valence-electron chi connectivity index (χ2n) is 5.55. The zero-order valence-electron chi connectivity index (χ0n) is 12.3. The molecule has 0 spiro atoms. The van der Waals surface area contributed by atoms with Crippen molar-refractivity contribution >= 4 is 0 Å². The Morgan fingerprint density at radius 2 is 2.11 bits per heavy atom. The number of hydrogen-bond donors (Lipinski definition) is 1. The molecular weight excluding hydrogens is 244 g/mol. The number of rotatable bonds is 6. The molecule has 2 rings (SSSR count). The highest BCUT2D eigenvalue weighted by molar-refractivity contribution is 5.27. The van der Waals surface area contributed by atoms with Crippen LogP contribution in [0.1, 0.15) is 46.0 Å². The lowest BCUT2D eigenvalue weighted by Gasteiger charge is -2.31. The average Bonchev–Trinajstić information content (AvgIpc) is 3.01. The van der Waals surface area contributed by atoms with Gasteiger partial charge in [-0.15, -0.1) is 0 Å². The second kappa shape index (κ2) is 6.35. The minimum absolute atomic E-state index is 0.00276. The van der Waals surface area contributed by atoms with Crippen LogP contribution in [0.5, 0.6) is 0 Å². The maximum atomic E-state index is 9.53. The Bertz CT molecular complexity index is 339. The van der Waals surface area contributed by atoms with E-state index in [0.29, 0.717) is 12.7 Å². The molecule has 0 bridgehead atoms. The fourth-order valence-electron chi connectivity index (χ4n) is 3.11. The fraction of sp³-hybridized carbons (Fsp3) is 0.867. The first-order chi connectivity index (χ1) is 9.15. The minimum Gasteiger partial charge on any atom is -0.392 e. The van der Waals surface area contributed by atoms with Crippen LogP contribution in [0.25, 0.3) is 0 Å². The monoisotopic (exact) mass is 270 g/mol. The van der Waals surface area contributed by atoms with E-state index in [2.05, 4.69) is 6.92 Å². The summed E-state index contributed by atoms with van der Waals surface area (Å²) in [6.45, 7) is 4.73. The van der Waals surface area contributed by atoms with E-state index in [1.807, 2.05) is 6.92 Å². The topological polar surface area (TPSA) is 47.9 Å². The minimum atomic E-state index is -0.730. The Labute approximate surface area is 115 Å². The standard InChI is InChI=1S/C15H26O4/c1-4-12-5-6-13(19-12)10-18-15(17-3)8-7-11(2)14(15)9-16/h12-13,16H,4-10H2,1-3H3. The van der Waals surface area contributed by atoms with Crippen molar-refractivity contribution < 1.29 is 19.3 Å². The molecular formula is C15H26O4. The molecule has 1 aliphatic heterocycles. The van der Waals surface area contributed by atoms with Gasteiger partial charge in [0.25, 0.3) is 0 Å². The highest BCUT2D eigenvalue weighted by Crippen LogP contribution is 2.39. The highest BCUT2D eigenvalue weighted by atomic mass is 16.7. The van der Waals surface area contributed by atoms with Gasteiger partial charge in [0, 0.05) is 19.1 Å². The summed E-state index contributed by atoms with van der Waals surface area (Å²) in [7, 11) is 1.65. The van der Waals surface area contributed by atoms with Crippen molar-refractivity contribution in [2.75, 3.05) is 20.3 Å². The molecule has 1 saturated heterocycles. The smallest absolute Gasteiger partial charge is 0.193 e. The molecule has 1 heterocycles. The Morgan fingerprint density at radius 1 is 1.37 bits per heavy atom. The maximum absolute atomic E-state index is 9.53. The van der Waals surface area contributed by atoms with E-state index in [9.17, 15) is 5.11 Å².